The van der Waals surface area contributed by atoms with E-state index in [4.69, 9.17) is 10.5 Å². The highest BCUT2D eigenvalue weighted by atomic mass is 19.1. The summed E-state index contributed by atoms with van der Waals surface area (Å²) < 4.78 is 33.2. The minimum absolute atomic E-state index is 0.102. The molecule has 2 aliphatic rings. The average Bonchev–Trinajstić information content (AvgIpc) is 2.64. The fraction of sp³-hybridized carbons (Fsp3) is 0.583. The van der Waals surface area contributed by atoms with Gasteiger partial charge >= 0.3 is 0 Å². The third-order valence-corrected chi connectivity index (χ3v) is 3.57. The Balaban J connectivity index is 2.28. The Kier molecular flexibility index (Phi) is 3.81. The Bertz CT molecular complexity index is 469. The number of ether oxygens (including phenoxy) is 1. The number of amidine groups is 1. The summed E-state index contributed by atoms with van der Waals surface area (Å²) in [4.78, 5) is 5.04. The van der Waals surface area contributed by atoms with Gasteiger partial charge in [0.1, 0.15) is 23.9 Å². The maximum absolute atomic E-state index is 14.2. The number of rotatable bonds is 3. The van der Waals surface area contributed by atoms with Crippen LogP contribution in [0.4, 0.5) is 8.78 Å². The lowest BCUT2D eigenvalue weighted by Gasteiger charge is -2.33. The van der Waals surface area contributed by atoms with Gasteiger partial charge in [-0.05, 0) is 13.0 Å². The largest absolute Gasteiger partial charge is 0.393 e. The number of alkyl halides is 2. The quantitative estimate of drug-likeness (QED) is 0.668. The van der Waals surface area contributed by atoms with E-state index >= 15 is 0 Å². The number of hydrogen-bond donors (Lipinski definition) is 3. The van der Waals surface area contributed by atoms with E-state index in [-0.39, 0.29) is 11.7 Å². The molecule has 0 aromatic carbocycles. The zero-order valence-electron chi connectivity index (χ0n) is 10.9. The van der Waals surface area contributed by atoms with Crippen molar-refractivity contribution in [2.45, 2.75) is 37.2 Å². The van der Waals surface area contributed by atoms with Crippen molar-refractivity contribution >= 4 is 5.84 Å². The van der Waals surface area contributed by atoms with E-state index < -0.39 is 36.9 Å². The Hall–Kier alpha value is -1.51. The van der Waals surface area contributed by atoms with Crippen molar-refractivity contribution in [1.29, 1.82) is 0 Å². The summed E-state index contributed by atoms with van der Waals surface area (Å²) in [7, 11) is 0. The summed E-state index contributed by atoms with van der Waals surface area (Å²) in [5.41, 5.74) is 3.46. The maximum atomic E-state index is 14.2. The third kappa shape index (κ3) is 2.09. The van der Waals surface area contributed by atoms with Crippen LogP contribution in [0.25, 0.3) is 0 Å². The summed E-state index contributed by atoms with van der Waals surface area (Å²) >= 11 is 0. The fourth-order valence-corrected chi connectivity index (χ4v) is 2.30. The predicted molar refractivity (Wildman–Crippen MR) is 67.9 cm³/mol. The molecule has 112 valence electrons. The molecule has 0 aliphatic carbocycles. The van der Waals surface area contributed by atoms with E-state index in [0.717, 1.165) is 6.92 Å². The molecule has 1 unspecified atom stereocenters. The number of nitrogens with two attached hydrogens (primary N) is 1. The molecule has 2 rings (SSSR count). The lowest BCUT2D eigenvalue weighted by molar-refractivity contribution is -0.164. The van der Waals surface area contributed by atoms with Crippen LogP contribution >= 0.6 is 0 Å². The van der Waals surface area contributed by atoms with Gasteiger partial charge in [-0.2, -0.15) is 0 Å². The SMILES string of the molecule is C=C1N=C(N)C=CN1[C@@H]1O[C@@](CO)(C(C)F)[C@@H](O)[C@H]1F. The first kappa shape index (κ1) is 14.9. The van der Waals surface area contributed by atoms with Crippen molar-refractivity contribution in [1.82, 2.24) is 4.90 Å². The maximum Gasteiger partial charge on any atom is 0.174 e. The molecule has 2 heterocycles. The van der Waals surface area contributed by atoms with Crippen molar-refractivity contribution in [3.05, 3.63) is 24.7 Å². The second-order valence-electron chi connectivity index (χ2n) is 4.80. The van der Waals surface area contributed by atoms with Crippen molar-refractivity contribution in [3.63, 3.8) is 0 Å². The first-order valence-electron chi connectivity index (χ1n) is 6.08. The monoisotopic (exact) mass is 289 g/mol. The molecule has 6 nitrogen and oxygen atoms in total. The number of aliphatic imine (C=N–C) groups is 1. The minimum atomic E-state index is -2.01. The predicted octanol–water partition coefficient (Wildman–Crippen LogP) is -0.212. The fourth-order valence-electron chi connectivity index (χ4n) is 2.30. The molecule has 0 spiro atoms. The molecule has 0 saturated carbocycles. The summed E-state index contributed by atoms with van der Waals surface area (Å²) in [6, 6.07) is 0. The van der Waals surface area contributed by atoms with Gasteiger partial charge in [-0.3, -0.25) is 0 Å². The molecule has 0 aromatic heterocycles. The number of nitrogens with zero attached hydrogens (tertiary/aromatic N) is 2. The normalized spacial score (nSPS) is 39.0. The average molecular weight is 289 g/mol. The zero-order valence-corrected chi connectivity index (χ0v) is 10.9. The molecular formula is C12H17F2N3O3. The van der Waals surface area contributed by atoms with Crippen LogP contribution in [0.15, 0.2) is 29.7 Å². The molecule has 1 saturated heterocycles. The summed E-state index contributed by atoms with van der Waals surface area (Å²) in [5.74, 6) is 0.289. The molecule has 0 bridgehead atoms. The molecular weight excluding hydrogens is 272 g/mol. The summed E-state index contributed by atoms with van der Waals surface area (Å²) in [5, 5.41) is 19.2. The molecule has 2 aliphatic heterocycles. The van der Waals surface area contributed by atoms with E-state index in [1.165, 1.54) is 17.2 Å². The standard InChI is InChI=1S/C12H17F2N3O3/c1-6(13)12(5-18)10(19)9(14)11(20-12)17-4-3-8(15)16-7(17)2/h3-4,6,9-11,18-19H,2,5H2,1H3,(H2,15,16)/t6?,9-,10+,11-,12+/m1/s1. The van der Waals surface area contributed by atoms with Crippen LogP contribution in [0, 0.1) is 0 Å². The smallest absolute Gasteiger partial charge is 0.174 e. The highest BCUT2D eigenvalue weighted by Gasteiger charge is 2.60. The van der Waals surface area contributed by atoms with Crippen LogP contribution in [0.5, 0.6) is 0 Å². The van der Waals surface area contributed by atoms with Crippen molar-refractivity contribution in [3.8, 4) is 0 Å². The summed E-state index contributed by atoms with van der Waals surface area (Å²) in [6.45, 7) is 3.83. The van der Waals surface area contributed by atoms with Gasteiger partial charge in [0, 0.05) is 6.20 Å². The number of halogens is 2. The number of hydrogen-bond acceptors (Lipinski definition) is 6. The van der Waals surface area contributed by atoms with E-state index in [2.05, 4.69) is 11.6 Å². The van der Waals surface area contributed by atoms with E-state index in [0.29, 0.717) is 0 Å². The van der Waals surface area contributed by atoms with Crippen molar-refractivity contribution in [2.24, 2.45) is 10.7 Å². The first-order chi connectivity index (χ1) is 9.33. The number of aliphatic hydroxyl groups excluding tert-OH is 2. The van der Waals surface area contributed by atoms with Gasteiger partial charge < -0.3 is 25.6 Å². The van der Waals surface area contributed by atoms with Crippen LogP contribution in [0.1, 0.15) is 6.92 Å². The van der Waals surface area contributed by atoms with Crippen LogP contribution in [0.2, 0.25) is 0 Å². The zero-order chi connectivity index (χ0) is 15.1. The molecule has 20 heavy (non-hydrogen) atoms. The lowest BCUT2D eigenvalue weighted by Crippen LogP contribution is -2.52. The molecule has 1 fully saturated rings. The Labute approximate surface area is 114 Å². The van der Waals surface area contributed by atoms with Crippen LogP contribution in [0.3, 0.4) is 0 Å². The van der Waals surface area contributed by atoms with E-state index in [9.17, 15) is 19.0 Å². The molecule has 8 heteroatoms. The van der Waals surface area contributed by atoms with Gasteiger partial charge in [0.15, 0.2) is 18.0 Å². The highest BCUT2D eigenvalue weighted by Crippen LogP contribution is 2.39. The molecule has 0 amide bonds. The second kappa shape index (κ2) is 5.12. The third-order valence-electron chi connectivity index (χ3n) is 3.57. The van der Waals surface area contributed by atoms with Crippen LogP contribution in [-0.4, -0.2) is 57.8 Å². The molecule has 0 aromatic rings. The highest BCUT2D eigenvalue weighted by molar-refractivity contribution is 5.92. The Morgan fingerprint density at radius 1 is 1.70 bits per heavy atom. The van der Waals surface area contributed by atoms with Crippen LogP contribution in [-0.2, 0) is 4.74 Å². The van der Waals surface area contributed by atoms with Crippen molar-refractivity contribution in [2.75, 3.05) is 6.61 Å². The number of aliphatic hydroxyl groups is 2. The topological polar surface area (TPSA) is 91.3 Å². The molecule has 0 radical (unpaired) electrons. The van der Waals surface area contributed by atoms with Gasteiger partial charge in [-0.15, -0.1) is 0 Å². The Morgan fingerprint density at radius 3 is 2.80 bits per heavy atom. The van der Waals surface area contributed by atoms with Gasteiger partial charge in [-0.1, -0.05) is 6.58 Å². The van der Waals surface area contributed by atoms with E-state index in [1.54, 1.807) is 0 Å². The van der Waals surface area contributed by atoms with Crippen molar-refractivity contribution < 1.29 is 23.7 Å². The van der Waals surface area contributed by atoms with Gasteiger partial charge in [0.2, 0.25) is 0 Å². The molecule has 4 N–H and O–H groups in total. The van der Waals surface area contributed by atoms with Gasteiger partial charge in [-0.25, -0.2) is 13.8 Å². The lowest BCUT2D eigenvalue weighted by atomic mass is 9.92. The van der Waals surface area contributed by atoms with Gasteiger partial charge in [0.25, 0.3) is 0 Å². The van der Waals surface area contributed by atoms with E-state index in [1.807, 2.05) is 0 Å². The minimum Gasteiger partial charge on any atom is -0.393 e. The first-order valence-corrected chi connectivity index (χ1v) is 6.08. The molecule has 5 atom stereocenters. The van der Waals surface area contributed by atoms with Gasteiger partial charge in [0.05, 0.1) is 6.61 Å². The van der Waals surface area contributed by atoms with Crippen LogP contribution < -0.4 is 5.73 Å². The summed E-state index contributed by atoms with van der Waals surface area (Å²) in [6.07, 6.45) is -4.06. The Morgan fingerprint density at radius 2 is 2.35 bits per heavy atom. The second-order valence-corrected chi connectivity index (χ2v) is 4.80.